The average molecular weight is 627 g/mol. The van der Waals surface area contributed by atoms with Crippen molar-refractivity contribution < 1.29 is 18.1 Å². The predicted octanol–water partition coefficient (Wildman–Crippen LogP) is 7.40. The van der Waals surface area contributed by atoms with Crippen molar-refractivity contribution in [3.05, 3.63) is 0 Å². The minimum atomic E-state index is -3.52. The van der Waals surface area contributed by atoms with Gasteiger partial charge in [-0.1, -0.05) is 0 Å². The molecule has 0 radical (unpaired) electrons. The Balaban J connectivity index is 0.832. The maximum absolute atomic E-state index is 13.7. The van der Waals surface area contributed by atoms with E-state index in [1.54, 1.807) is 0 Å². The van der Waals surface area contributed by atoms with Crippen molar-refractivity contribution in [3.8, 4) is 0 Å². The molecule has 0 aromatic heterocycles. The number of fused-ring (bicyclic) bond motifs is 20. The molecule has 10 atom stereocenters. The Kier molecular flexibility index (Phi) is 0.808. The molecular formula is C34H49Fe2N3O. The standard InChI is InChI=1S/C24H39N3O.2C5H5.2Fe/c1-26(2)18-22-12-8-10-20(22)16-24(28,14-6-5-7-15-25)17-21-11-9-13-23(21)19-27(3)4;2*1-2-4-5-3-1;;/h8-13,28H,5-7,14-19,25H2,1-4H3;2*1-5H;;. The molecule has 2 spiro atoms. The van der Waals surface area contributed by atoms with E-state index in [-0.39, 0.29) is 5.60 Å². The van der Waals surface area contributed by atoms with Crippen LogP contribution in [0.15, 0.2) is 0 Å². The van der Waals surface area contributed by atoms with Crippen LogP contribution < -0.4 is 5.73 Å². The second-order valence-electron chi connectivity index (χ2n) is 25.7. The normalized spacial score (nSPS) is 109. The first kappa shape index (κ1) is 18.1. The zero-order valence-corrected chi connectivity index (χ0v) is 26.9. The molecule has 20 heterocycles. The molecule has 0 aromatic rings. The Bertz CT molecular complexity index is 2270. The summed E-state index contributed by atoms with van der Waals surface area (Å²) in [6.07, 6.45) is 7.62. The van der Waals surface area contributed by atoms with Gasteiger partial charge in [0.15, 0.2) is 0 Å². The second-order valence-corrected chi connectivity index (χ2v) is 72.6. The van der Waals surface area contributed by atoms with Gasteiger partial charge in [0.1, 0.15) is 0 Å². The third-order valence-electron chi connectivity index (χ3n) is 34.6. The maximum atomic E-state index is 13.7. The van der Waals surface area contributed by atoms with E-state index >= 15 is 0 Å². The van der Waals surface area contributed by atoms with Gasteiger partial charge in [-0.2, -0.15) is 0 Å². The molecule has 20 saturated heterocycles. The van der Waals surface area contributed by atoms with Gasteiger partial charge in [-0.15, -0.1) is 0 Å². The molecule has 4 nitrogen and oxygen atoms in total. The molecule has 0 saturated carbocycles. The first-order valence-corrected chi connectivity index (χ1v) is 30.2. The van der Waals surface area contributed by atoms with Crippen molar-refractivity contribution in [3.63, 3.8) is 0 Å². The van der Waals surface area contributed by atoms with Crippen LogP contribution in [-0.4, -0.2) is 68.3 Å². The van der Waals surface area contributed by atoms with Gasteiger partial charge in [-0.25, -0.2) is 0 Å². The number of rotatable bonds is 13. The van der Waals surface area contributed by atoms with Gasteiger partial charge >= 0.3 is 220 Å². The molecule has 0 bridgehead atoms. The molecule has 20 rings (SSSR count). The zero-order chi connectivity index (χ0) is 25.9. The van der Waals surface area contributed by atoms with Crippen LogP contribution in [0.2, 0.25) is 94.3 Å². The number of hydrogen-bond acceptors (Lipinski definition) is 4. The van der Waals surface area contributed by atoms with Gasteiger partial charge in [0.05, 0.1) is 0 Å². The van der Waals surface area contributed by atoms with E-state index in [1.165, 1.54) is 129 Å². The van der Waals surface area contributed by atoms with Gasteiger partial charge in [0.2, 0.25) is 0 Å². The number of nitrogens with zero attached hydrogens (tertiary/aromatic N) is 2. The summed E-state index contributed by atoms with van der Waals surface area (Å²) in [4.78, 5) is 26.9. The topological polar surface area (TPSA) is 52.7 Å². The van der Waals surface area contributed by atoms with Crippen molar-refractivity contribution in [2.45, 2.75) is 138 Å². The van der Waals surface area contributed by atoms with E-state index in [9.17, 15) is 5.11 Å². The molecular weight excluding hydrogens is 578 g/mol. The molecule has 0 amide bonds. The number of unbranched alkanes of at least 4 members (excludes halogenated alkanes) is 2. The molecule has 20 fully saturated rings. The van der Waals surface area contributed by atoms with Gasteiger partial charge in [0, 0.05) is 0 Å². The molecule has 3 N–H and O–H groups in total. The van der Waals surface area contributed by atoms with E-state index in [4.69, 9.17) is 5.73 Å². The van der Waals surface area contributed by atoms with E-state index < -0.39 is 13.0 Å². The predicted molar refractivity (Wildman–Crippen MR) is 150 cm³/mol. The Morgan fingerprint density at radius 1 is 0.575 bits per heavy atom. The van der Waals surface area contributed by atoms with Crippen molar-refractivity contribution in [2.24, 2.45) is 5.73 Å². The number of nitrogens with two attached hydrogens (primary N) is 1. The van der Waals surface area contributed by atoms with Crippen LogP contribution >= 0.6 is 0 Å². The van der Waals surface area contributed by atoms with Crippen LogP contribution in [0.5, 0.6) is 0 Å². The fourth-order valence-electron chi connectivity index (χ4n) is 39.7. The average Bonchev–Trinajstić information content (AvgIpc) is 3.74. The molecule has 6 heteroatoms. The van der Waals surface area contributed by atoms with Crippen molar-refractivity contribution in [1.82, 2.24) is 9.80 Å². The molecule has 20 aliphatic rings. The quantitative estimate of drug-likeness (QED) is 0.165. The van der Waals surface area contributed by atoms with E-state index in [0.717, 1.165) is 23.8 Å². The van der Waals surface area contributed by atoms with E-state index in [2.05, 4.69) is 38.0 Å². The minimum absolute atomic E-state index is 0.303. The Morgan fingerprint density at radius 3 is 1.25 bits per heavy atom. The van der Waals surface area contributed by atoms with Gasteiger partial charge in [0.25, 0.3) is 0 Å². The number of aliphatic hydroxyl groups is 1. The fraction of sp³-hybridized carbons (Fsp3) is 1.00. The first-order chi connectivity index (χ1) is 18.7. The van der Waals surface area contributed by atoms with Crippen LogP contribution in [0.3, 0.4) is 0 Å². The van der Waals surface area contributed by atoms with Crippen molar-refractivity contribution >= 4 is 0 Å². The SMILES string of the molecule is CN(C)C[C]12[CH]3[CH]4[CH]5[C]1(CC(O)(CCCCCN)C[C]16[CH]7[CH]8[CH]9[C]1(CN(C)C)[Fe]89761%10%11%12[CH]6[CH]1[CH]%10[CH]%11[CH]6%12)[Fe]43521678[CH]2[CH]1[CH]6[CH]7[CH]28. The molecule has 0 aliphatic carbocycles. The summed E-state index contributed by atoms with van der Waals surface area (Å²) < 4.78 is 3.30. The van der Waals surface area contributed by atoms with Crippen LogP contribution in [0.1, 0.15) is 38.5 Å². The molecule has 10 unspecified atom stereocenters. The molecule has 40 heavy (non-hydrogen) atoms. The first-order valence-electron chi connectivity index (χ1n) is 17.8. The molecule has 222 valence electrons. The third kappa shape index (κ3) is 0.238. The van der Waals surface area contributed by atoms with Crippen LogP contribution in [0, 0.1) is 0 Å². The summed E-state index contributed by atoms with van der Waals surface area (Å²) in [6, 6.07) is 0. The summed E-state index contributed by atoms with van der Waals surface area (Å²) >= 11 is 0. The van der Waals surface area contributed by atoms with E-state index in [0.29, 0.717) is 0 Å². The van der Waals surface area contributed by atoms with Crippen LogP contribution in [0.25, 0.3) is 0 Å². The van der Waals surface area contributed by atoms with Crippen molar-refractivity contribution in [2.75, 3.05) is 47.8 Å². The van der Waals surface area contributed by atoms with Crippen LogP contribution in [-0.2, 0) is 13.0 Å². The number of hydrogen-bond donors (Lipinski definition) is 2. The second kappa shape index (κ2) is 1.78. The summed E-state index contributed by atoms with van der Waals surface area (Å²) in [5.41, 5.74) is 5.70. The summed E-state index contributed by atoms with van der Waals surface area (Å²) in [5, 5.41) is 13.7. The Morgan fingerprint density at radius 2 is 0.950 bits per heavy atom. The van der Waals surface area contributed by atoms with Crippen LogP contribution in [0.4, 0.5) is 0 Å². The monoisotopic (exact) mass is 627 g/mol. The van der Waals surface area contributed by atoms with Gasteiger partial charge in [-0.3, -0.25) is 0 Å². The zero-order valence-electron chi connectivity index (χ0n) is 24.7. The Labute approximate surface area is 218 Å². The molecule has 0 aromatic carbocycles. The van der Waals surface area contributed by atoms with Gasteiger partial charge < -0.3 is 0 Å². The summed E-state index contributed by atoms with van der Waals surface area (Å²) in [5.74, 6) is 0. The summed E-state index contributed by atoms with van der Waals surface area (Å²) in [6.45, 7) is -3.24. The van der Waals surface area contributed by atoms with Gasteiger partial charge in [-0.05, 0) is 0 Å². The van der Waals surface area contributed by atoms with Crippen molar-refractivity contribution in [1.29, 1.82) is 0 Å². The fourth-order valence-corrected chi connectivity index (χ4v) is 195. The molecule has 20 aliphatic heterocycles. The Hall–Kier alpha value is 0.879. The van der Waals surface area contributed by atoms with E-state index in [1.807, 2.05) is 0 Å². The third-order valence-corrected chi connectivity index (χ3v) is 123. The summed E-state index contributed by atoms with van der Waals surface area (Å²) in [7, 11) is 9.72.